The first-order valence-electron chi connectivity index (χ1n) is 1.80. The summed E-state index contributed by atoms with van der Waals surface area (Å²) in [6.45, 7) is 0. The lowest BCUT2D eigenvalue weighted by atomic mass is 11.0. The lowest BCUT2D eigenvalue weighted by Crippen LogP contribution is -2.07. The van der Waals surface area contributed by atoms with Crippen LogP contribution in [0.5, 0.6) is 0 Å². The van der Waals surface area contributed by atoms with E-state index in [1.165, 1.54) is 19.6 Å². The Kier molecular flexibility index (Phi) is 4.29. The summed E-state index contributed by atoms with van der Waals surface area (Å²) in [5, 5.41) is 0. The highest BCUT2D eigenvalue weighted by Crippen LogP contribution is 1.67. The van der Waals surface area contributed by atoms with E-state index in [2.05, 4.69) is 4.74 Å². The van der Waals surface area contributed by atoms with E-state index in [0.717, 1.165) is 0 Å². The summed E-state index contributed by atoms with van der Waals surface area (Å²) >= 11 is -2.23. The van der Waals surface area contributed by atoms with Gasteiger partial charge in [0.15, 0.2) is 0 Å². The molecular weight excluding hydrogens is 130 g/mol. The Morgan fingerprint density at radius 1 is 1.88 bits per heavy atom. The molecule has 0 bridgehead atoms. The van der Waals surface area contributed by atoms with Crippen molar-refractivity contribution in [1.29, 1.82) is 0 Å². The first kappa shape index (κ1) is 7.45. The third-order valence-electron chi connectivity index (χ3n) is 0.368. The van der Waals surface area contributed by atoms with Gasteiger partial charge in [-0.05, 0) is 0 Å². The molecule has 0 saturated heterocycles. The van der Waals surface area contributed by atoms with Crippen molar-refractivity contribution in [2.24, 2.45) is 0 Å². The summed E-state index contributed by atoms with van der Waals surface area (Å²) < 4.78 is 25.6. The highest BCUT2D eigenvalue weighted by molar-refractivity contribution is 7.77. The van der Waals surface area contributed by atoms with Crippen LogP contribution in [0, 0.1) is 0 Å². The van der Waals surface area contributed by atoms with Crippen molar-refractivity contribution in [2.75, 3.05) is 7.11 Å². The predicted octanol–water partition coefficient (Wildman–Crippen LogP) is -0.512. The minimum atomic E-state index is -2.23. The fourth-order valence-electron chi connectivity index (χ4n) is 0.151. The van der Waals surface area contributed by atoms with E-state index in [-0.39, 0.29) is 0 Å². The molecule has 0 radical (unpaired) electrons. The highest BCUT2D eigenvalue weighted by atomic mass is 32.2. The minimum absolute atomic E-state index is 1.17. The number of hydrogen-bond acceptors (Lipinski definition) is 3. The summed E-state index contributed by atoms with van der Waals surface area (Å²) in [6.07, 6.45) is 2.39. The van der Waals surface area contributed by atoms with Gasteiger partial charge < -0.3 is 14.0 Å². The standard InChI is InChI=1S/C3H7NO3S/c1-7-3-2-4-8(5)6/h2-4H,1H3,(H,5,6)/p-1. The van der Waals surface area contributed by atoms with E-state index < -0.39 is 11.3 Å². The molecule has 0 aliphatic carbocycles. The van der Waals surface area contributed by atoms with Gasteiger partial charge in [0, 0.05) is 17.5 Å². The normalized spacial score (nSPS) is 13.8. The Morgan fingerprint density at radius 3 is 2.88 bits per heavy atom. The Labute approximate surface area is 50.0 Å². The molecule has 0 heterocycles. The molecule has 5 heteroatoms. The number of hydrogen-bond donors (Lipinski definition) is 1. The monoisotopic (exact) mass is 136 g/mol. The first-order chi connectivity index (χ1) is 3.77. The quantitative estimate of drug-likeness (QED) is 0.419. The maximum Gasteiger partial charge on any atom is 0.0990 e. The van der Waals surface area contributed by atoms with Crippen molar-refractivity contribution < 1.29 is 13.5 Å². The van der Waals surface area contributed by atoms with Crippen LogP contribution in [0.3, 0.4) is 0 Å². The van der Waals surface area contributed by atoms with Crippen LogP contribution < -0.4 is 4.72 Å². The van der Waals surface area contributed by atoms with Crippen LogP contribution in [-0.2, 0) is 16.0 Å². The molecule has 0 aromatic carbocycles. The van der Waals surface area contributed by atoms with E-state index in [4.69, 9.17) is 0 Å². The van der Waals surface area contributed by atoms with Gasteiger partial charge in [-0.15, -0.1) is 0 Å². The highest BCUT2D eigenvalue weighted by Gasteiger charge is 1.67. The predicted molar refractivity (Wildman–Crippen MR) is 28.2 cm³/mol. The van der Waals surface area contributed by atoms with Crippen molar-refractivity contribution in [3.05, 3.63) is 12.5 Å². The molecule has 0 aromatic rings. The van der Waals surface area contributed by atoms with E-state index in [0.29, 0.717) is 0 Å². The average molecular weight is 136 g/mol. The van der Waals surface area contributed by atoms with Gasteiger partial charge in [0.2, 0.25) is 0 Å². The first-order valence-corrected chi connectivity index (χ1v) is 2.88. The van der Waals surface area contributed by atoms with Gasteiger partial charge in [-0.3, -0.25) is 4.21 Å². The smallest absolute Gasteiger partial charge is 0.0990 e. The molecule has 0 rings (SSSR count). The van der Waals surface area contributed by atoms with Gasteiger partial charge in [-0.1, -0.05) is 0 Å². The van der Waals surface area contributed by atoms with Crippen molar-refractivity contribution >= 4 is 11.3 Å². The summed E-state index contributed by atoms with van der Waals surface area (Å²) in [7, 11) is 1.42. The van der Waals surface area contributed by atoms with Crippen LogP contribution >= 0.6 is 0 Å². The third kappa shape index (κ3) is 5.45. The molecule has 0 aromatic heterocycles. The second kappa shape index (κ2) is 4.61. The lowest BCUT2D eigenvalue weighted by Gasteiger charge is -2.00. The molecule has 0 aliphatic rings. The molecule has 48 valence electrons. The molecular formula is C3H6NO3S-. The molecule has 0 aliphatic heterocycles. The van der Waals surface area contributed by atoms with E-state index in [9.17, 15) is 8.76 Å². The van der Waals surface area contributed by atoms with Gasteiger partial charge in [-0.2, -0.15) is 0 Å². The zero-order valence-electron chi connectivity index (χ0n) is 4.29. The van der Waals surface area contributed by atoms with E-state index in [1.54, 1.807) is 0 Å². The average Bonchev–Trinajstić information content (AvgIpc) is 1.66. The summed E-state index contributed by atoms with van der Waals surface area (Å²) in [5.41, 5.74) is 0. The van der Waals surface area contributed by atoms with Crippen molar-refractivity contribution in [3.63, 3.8) is 0 Å². The largest absolute Gasteiger partial charge is 0.755 e. The number of rotatable bonds is 3. The van der Waals surface area contributed by atoms with Crippen LogP contribution in [-0.4, -0.2) is 15.9 Å². The van der Waals surface area contributed by atoms with Crippen LogP contribution in [0.2, 0.25) is 0 Å². The fourth-order valence-corrected chi connectivity index (χ4v) is 0.318. The van der Waals surface area contributed by atoms with Crippen molar-refractivity contribution in [3.8, 4) is 0 Å². The Bertz CT molecular complexity index is 103. The maximum atomic E-state index is 9.66. The second-order valence-electron chi connectivity index (χ2n) is 0.891. The van der Waals surface area contributed by atoms with Gasteiger partial charge in [0.1, 0.15) is 0 Å². The summed E-state index contributed by atoms with van der Waals surface area (Å²) in [6, 6.07) is 0. The van der Waals surface area contributed by atoms with Crippen LogP contribution in [0.4, 0.5) is 0 Å². The lowest BCUT2D eigenvalue weighted by molar-refractivity contribution is 0.336. The molecule has 0 amide bonds. The van der Waals surface area contributed by atoms with Gasteiger partial charge in [0.25, 0.3) is 0 Å². The number of ether oxygens (including phenoxy) is 1. The van der Waals surface area contributed by atoms with Crippen molar-refractivity contribution in [2.45, 2.75) is 0 Å². The SMILES string of the molecule is COC=CNS(=O)[O-]. The van der Waals surface area contributed by atoms with Gasteiger partial charge in [-0.25, -0.2) is 0 Å². The zero-order chi connectivity index (χ0) is 6.41. The molecule has 1 N–H and O–H groups in total. The Morgan fingerprint density at radius 2 is 2.50 bits per heavy atom. The molecule has 0 saturated carbocycles. The molecule has 1 atom stereocenters. The molecule has 0 spiro atoms. The van der Waals surface area contributed by atoms with Crippen LogP contribution in [0.15, 0.2) is 12.5 Å². The summed E-state index contributed by atoms with van der Waals surface area (Å²) in [5.74, 6) is 0. The van der Waals surface area contributed by atoms with Crippen molar-refractivity contribution in [1.82, 2.24) is 4.72 Å². The minimum Gasteiger partial charge on any atom is -0.755 e. The fraction of sp³-hybridized carbons (Fsp3) is 0.333. The Balaban J connectivity index is 3.16. The molecule has 8 heavy (non-hydrogen) atoms. The molecule has 1 unspecified atom stereocenters. The van der Waals surface area contributed by atoms with Gasteiger partial charge >= 0.3 is 0 Å². The zero-order valence-corrected chi connectivity index (χ0v) is 5.10. The third-order valence-corrected chi connectivity index (χ3v) is 0.697. The van der Waals surface area contributed by atoms with Gasteiger partial charge in [0.05, 0.1) is 13.4 Å². The number of methoxy groups -OCH3 is 1. The maximum absolute atomic E-state index is 9.66. The second-order valence-corrected chi connectivity index (χ2v) is 1.60. The Hall–Kier alpha value is -0.550. The molecule has 0 fully saturated rings. The molecule has 4 nitrogen and oxygen atoms in total. The van der Waals surface area contributed by atoms with E-state index >= 15 is 0 Å². The summed E-state index contributed by atoms with van der Waals surface area (Å²) in [4.78, 5) is 0. The van der Waals surface area contributed by atoms with Crippen LogP contribution in [0.25, 0.3) is 0 Å². The topological polar surface area (TPSA) is 61.4 Å². The van der Waals surface area contributed by atoms with E-state index in [1.807, 2.05) is 4.72 Å². The number of nitrogens with one attached hydrogen (secondary N) is 1. The van der Waals surface area contributed by atoms with Crippen LogP contribution in [0.1, 0.15) is 0 Å².